The SMILES string of the molecule is O=C(NC1CCCC1)c1cc(S(=O)(=O)N2CCOCC2)ccc1Br. The predicted octanol–water partition coefficient (Wildman–Crippen LogP) is 2.14. The van der Waals surface area contributed by atoms with Crippen LogP contribution in [0, 0.1) is 0 Å². The van der Waals surface area contributed by atoms with Crippen LogP contribution >= 0.6 is 15.9 Å². The lowest BCUT2D eigenvalue weighted by Gasteiger charge is -2.26. The van der Waals surface area contributed by atoms with E-state index >= 15 is 0 Å². The van der Waals surface area contributed by atoms with Crippen molar-refractivity contribution < 1.29 is 17.9 Å². The summed E-state index contributed by atoms with van der Waals surface area (Å²) in [6, 6.07) is 4.79. The van der Waals surface area contributed by atoms with Crippen molar-refractivity contribution >= 4 is 31.9 Å². The molecule has 1 aromatic rings. The second-order valence-electron chi connectivity index (χ2n) is 6.11. The molecule has 1 N–H and O–H groups in total. The van der Waals surface area contributed by atoms with Crippen LogP contribution in [0.5, 0.6) is 0 Å². The van der Waals surface area contributed by atoms with Crippen molar-refractivity contribution in [2.24, 2.45) is 0 Å². The van der Waals surface area contributed by atoms with Crippen LogP contribution in [-0.4, -0.2) is 51.0 Å². The Kier molecular flexibility index (Phi) is 5.59. The molecule has 0 atom stereocenters. The number of amides is 1. The number of morpholine rings is 1. The van der Waals surface area contributed by atoms with E-state index in [1.165, 1.54) is 16.4 Å². The number of hydrogen-bond acceptors (Lipinski definition) is 4. The maximum Gasteiger partial charge on any atom is 0.252 e. The first kappa shape index (κ1) is 17.8. The highest BCUT2D eigenvalue weighted by molar-refractivity contribution is 9.10. The van der Waals surface area contributed by atoms with Gasteiger partial charge in [-0.05, 0) is 47.0 Å². The van der Waals surface area contributed by atoms with Gasteiger partial charge < -0.3 is 10.1 Å². The van der Waals surface area contributed by atoms with E-state index in [1.807, 2.05) is 0 Å². The molecular formula is C16H21BrN2O4S. The highest BCUT2D eigenvalue weighted by Gasteiger charge is 2.28. The Hall–Kier alpha value is -0.960. The summed E-state index contributed by atoms with van der Waals surface area (Å²) >= 11 is 3.35. The van der Waals surface area contributed by atoms with Gasteiger partial charge >= 0.3 is 0 Å². The molecular weight excluding hydrogens is 396 g/mol. The minimum atomic E-state index is -3.61. The van der Waals surface area contributed by atoms with Crippen molar-refractivity contribution in [1.29, 1.82) is 0 Å². The molecule has 1 saturated heterocycles. The average molecular weight is 417 g/mol. The van der Waals surface area contributed by atoms with Crippen LogP contribution in [0.25, 0.3) is 0 Å². The minimum Gasteiger partial charge on any atom is -0.379 e. The molecule has 0 aromatic heterocycles. The third-order valence-corrected chi connectivity index (χ3v) is 7.07. The Balaban J connectivity index is 1.83. The quantitative estimate of drug-likeness (QED) is 0.815. The van der Waals surface area contributed by atoms with E-state index in [-0.39, 0.29) is 16.8 Å². The summed E-state index contributed by atoms with van der Waals surface area (Å²) in [5.74, 6) is -0.229. The number of carbonyl (C=O) groups is 1. The van der Waals surface area contributed by atoms with E-state index in [1.54, 1.807) is 6.07 Å². The third-order valence-electron chi connectivity index (χ3n) is 4.48. The zero-order valence-corrected chi connectivity index (χ0v) is 15.7. The lowest BCUT2D eigenvalue weighted by atomic mass is 10.2. The maximum atomic E-state index is 12.7. The van der Waals surface area contributed by atoms with Gasteiger partial charge in [0.05, 0.1) is 23.7 Å². The molecule has 2 aliphatic rings. The third kappa shape index (κ3) is 3.82. The largest absolute Gasteiger partial charge is 0.379 e. The first-order valence-corrected chi connectivity index (χ1v) is 10.4. The number of nitrogens with zero attached hydrogens (tertiary/aromatic N) is 1. The van der Waals surface area contributed by atoms with Crippen molar-refractivity contribution in [3.8, 4) is 0 Å². The Morgan fingerprint density at radius 2 is 1.88 bits per heavy atom. The smallest absolute Gasteiger partial charge is 0.252 e. The van der Waals surface area contributed by atoms with Gasteiger partial charge in [0.25, 0.3) is 5.91 Å². The summed E-state index contributed by atoms with van der Waals surface area (Å²) in [7, 11) is -3.61. The molecule has 0 bridgehead atoms. The van der Waals surface area contributed by atoms with Gasteiger partial charge in [-0.15, -0.1) is 0 Å². The standard InChI is InChI=1S/C16H21BrN2O4S/c17-15-6-5-13(24(21,22)19-7-9-23-10-8-19)11-14(15)16(20)18-12-3-1-2-4-12/h5-6,11-12H,1-4,7-10H2,(H,18,20). The fourth-order valence-electron chi connectivity index (χ4n) is 3.11. The molecule has 8 heteroatoms. The molecule has 0 unspecified atom stereocenters. The minimum absolute atomic E-state index is 0.143. The highest BCUT2D eigenvalue weighted by Crippen LogP contribution is 2.25. The number of nitrogens with one attached hydrogen (secondary N) is 1. The van der Waals surface area contributed by atoms with Crippen molar-refractivity contribution in [2.45, 2.75) is 36.6 Å². The molecule has 1 heterocycles. The Bertz CT molecular complexity index is 711. The van der Waals surface area contributed by atoms with Crippen LogP contribution in [-0.2, 0) is 14.8 Å². The number of hydrogen-bond donors (Lipinski definition) is 1. The highest BCUT2D eigenvalue weighted by atomic mass is 79.9. The van der Waals surface area contributed by atoms with Gasteiger partial charge in [0.1, 0.15) is 0 Å². The van der Waals surface area contributed by atoms with Gasteiger partial charge in [0, 0.05) is 23.6 Å². The average Bonchev–Trinajstić information content (AvgIpc) is 3.08. The second-order valence-corrected chi connectivity index (χ2v) is 8.91. The van der Waals surface area contributed by atoms with E-state index in [4.69, 9.17) is 4.74 Å². The van der Waals surface area contributed by atoms with E-state index in [0.717, 1.165) is 25.7 Å². The van der Waals surface area contributed by atoms with Crippen LogP contribution in [0.3, 0.4) is 0 Å². The van der Waals surface area contributed by atoms with Crippen LogP contribution in [0.15, 0.2) is 27.6 Å². The van der Waals surface area contributed by atoms with Crippen LogP contribution < -0.4 is 5.32 Å². The molecule has 1 saturated carbocycles. The summed E-state index contributed by atoms with van der Waals surface area (Å²) in [5.41, 5.74) is 0.358. The lowest BCUT2D eigenvalue weighted by molar-refractivity contribution is 0.0730. The number of halogens is 1. The van der Waals surface area contributed by atoms with Gasteiger partial charge in [-0.1, -0.05) is 12.8 Å². The fraction of sp³-hybridized carbons (Fsp3) is 0.562. The molecule has 1 aliphatic carbocycles. The molecule has 3 rings (SSSR count). The summed E-state index contributed by atoms with van der Waals surface area (Å²) in [4.78, 5) is 12.7. The maximum absolute atomic E-state index is 12.7. The molecule has 2 fully saturated rings. The topological polar surface area (TPSA) is 75.7 Å². The molecule has 24 heavy (non-hydrogen) atoms. The van der Waals surface area contributed by atoms with Crippen molar-refractivity contribution in [3.63, 3.8) is 0 Å². The Morgan fingerprint density at radius 3 is 2.54 bits per heavy atom. The van der Waals surface area contributed by atoms with Crippen molar-refractivity contribution in [3.05, 3.63) is 28.2 Å². The van der Waals surface area contributed by atoms with Crippen LogP contribution in [0.2, 0.25) is 0 Å². The first-order valence-electron chi connectivity index (χ1n) is 8.17. The van der Waals surface area contributed by atoms with E-state index in [2.05, 4.69) is 21.2 Å². The van der Waals surface area contributed by atoms with Gasteiger partial charge in [0.15, 0.2) is 0 Å². The van der Waals surface area contributed by atoms with E-state index in [0.29, 0.717) is 36.3 Å². The second kappa shape index (κ2) is 7.51. The van der Waals surface area contributed by atoms with Crippen LogP contribution in [0.1, 0.15) is 36.0 Å². The fourth-order valence-corrected chi connectivity index (χ4v) is 4.97. The molecule has 1 amide bonds. The number of benzene rings is 1. The summed E-state index contributed by atoms with van der Waals surface area (Å²) in [6.45, 7) is 1.46. The molecule has 1 aliphatic heterocycles. The molecule has 132 valence electrons. The van der Waals surface area contributed by atoms with Crippen LogP contribution in [0.4, 0.5) is 0 Å². The monoisotopic (exact) mass is 416 g/mol. The predicted molar refractivity (Wildman–Crippen MR) is 93.4 cm³/mol. The molecule has 6 nitrogen and oxygen atoms in total. The van der Waals surface area contributed by atoms with Crippen molar-refractivity contribution in [2.75, 3.05) is 26.3 Å². The number of rotatable bonds is 4. The van der Waals surface area contributed by atoms with E-state index < -0.39 is 10.0 Å². The lowest BCUT2D eigenvalue weighted by Crippen LogP contribution is -2.40. The number of carbonyl (C=O) groups excluding carboxylic acids is 1. The summed E-state index contributed by atoms with van der Waals surface area (Å²) in [6.07, 6.45) is 4.21. The Morgan fingerprint density at radius 1 is 1.21 bits per heavy atom. The van der Waals surface area contributed by atoms with Gasteiger partial charge in [-0.2, -0.15) is 4.31 Å². The van der Waals surface area contributed by atoms with E-state index in [9.17, 15) is 13.2 Å². The normalized spacial score (nSPS) is 20.2. The Labute approximate surface area is 150 Å². The van der Waals surface area contributed by atoms with Crippen molar-refractivity contribution in [1.82, 2.24) is 9.62 Å². The molecule has 0 spiro atoms. The van der Waals surface area contributed by atoms with Gasteiger partial charge in [-0.3, -0.25) is 4.79 Å². The zero-order valence-electron chi connectivity index (χ0n) is 13.3. The zero-order chi connectivity index (χ0) is 17.2. The molecule has 0 radical (unpaired) electrons. The number of ether oxygens (including phenoxy) is 1. The number of sulfonamides is 1. The molecule has 1 aromatic carbocycles. The van der Waals surface area contributed by atoms with Gasteiger partial charge in [-0.25, -0.2) is 8.42 Å². The summed E-state index contributed by atoms with van der Waals surface area (Å²) in [5, 5.41) is 3.00. The summed E-state index contributed by atoms with van der Waals surface area (Å²) < 4.78 is 32.7. The first-order chi connectivity index (χ1) is 11.5. The van der Waals surface area contributed by atoms with Gasteiger partial charge in [0.2, 0.25) is 10.0 Å².